The molecule has 9 nitrogen and oxygen atoms in total. The smallest absolute Gasteiger partial charge is 0.267 e. The van der Waals surface area contributed by atoms with E-state index in [1.807, 2.05) is 0 Å². The van der Waals surface area contributed by atoms with Gasteiger partial charge in [0.1, 0.15) is 17.7 Å². The van der Waals surface area contributed by atoms with E-state index in [0.717, 1.165) is 19.3 Å². The lowest BCUT2D eigenvalue weighted by Gasteiger charge is -2.17. The molecule has 0 bridgehead atoms. The first-order valence-corrected chi connectivity index (χ1v) is 8.02. The minimum absolute atomic E-state index is 0.0351. The predicted molar refractivity (Wildman–Crippen MR) is 86.9 cm³/mol. The van der Waals surface area contributed by atoms with Crippen LogP contribution < -0.4 is 16.5 Å². The number of carbonyl (C=O) groups excluding carboxylic acids is 2. The molecule has 1 aliphatic heterocycles. The van der Waals surface area contributed by atoms with Crippen LogP contribution in [0.2, 0.25) is 0 Å². The largest absolute Gasteiger partial charge is 0.349 e. The maximum atomic E-state index is 12.3. The molecule has 2 aliphatic rings. The van der Waals surface area contributed by atoms with Gasteiger partial charge >= 0.3 is 0 Å². The monoisotopic (exact) mass is 329 g/mol. The van der Waals surface area contributed by atoms with Crippen LogP contribution in [0.3, 0.4) is 0 Å². The van der Waals surface area contributed by atoms with Gasteiger partial charge in [-0.3, -0.25) is 20.0 Å². The van der Waals surface area contributed by atoms with Crippen molar-refractivity contribution in [2.45, 2.75) is 31.2 Å². The van der Waals surface area contributed by atoms with Crippen molar-refractivity contribution in [2.75, 3.05) is 18.5 Å². The van der Waals surface area contributed by atoms with Gasteiger partial charge in [0.25, 0.3) is 5.91 Å². The Hall–Kier alpha value is -2.68. The van der Waals surface area contributed by atoms with E-state index in [-0.39, 0.29) is 17.4 Å². The summed E-state index contributed by atoms with van der Waals surface area (Å²) in [5, 5.41) is 5.04. The number of anilines is 1. The Bertz CT molecular complexity index is 811. The summed E-state index contributed by atoms with van der Waals surface area (Å²) in [6.07, 6.45) is 4.61. The molecule has 2 aromatic rings. The Morgan fingerprint density at radius 2 is 2.25 bits per heavy atom. The molecule has 126 valence electrons. The van der Waals surface area contributed by atoms with Crippen LogP contribution in [-0.2, 0) is 4.79 Å². The first kappa shape index (κ1) is 14.9. The van der Waals surface area contributed by atoms with Gasteiger partial charge in [0.2, 0.25) is 5.91 Å². The normalized spacial score (nSPS) is 18.9. The van der Waals surface area contributed by atoms with Crippen molar-refractivity contribution in [1.82, 2.24) is 25.3 Å². The standard InChI is InChI=1S/C15H19N7O2/c16-15(3-4-15)7-17-14(24)10-6-9-12(20-10)18-8-19-13(9)21-22-5-1-2-11(22)23/h6,8H,1-5,7,16H2,(H,17,24)(H2,18,19,20,21). The third-order valence-corrected chi connectivity index (χ3v) is 4.48. The summed E-state index contributed by atoms with van der Waals surface area (Å²) in [6, 6.07) is 1.68. The van der Waals surface area contributed by atoms with Crippen LogP contribution in [0.1, 0.15) is 36.2 Å². The molecule has 0 unspecified atom stereocenters. The number of nitrogens with zero attached hydrogens (tertiary/aromatic N) is 3. The van der Waals surface area contributed by atoms with E-state index < -0.39 is 0 Å². The molecule has 1 saturated heterocycles. The van der Waals surface area contributed by atoms with Crippen molar-refractivity contribution < 1.29 is 9.59 Å². The average molecular weight is 329 g/mol. The van der Waals surface area contributed by atoms with Crippen LogP contribution in [0.4, 0.5) is 5.82 Å². The Balaban J connectivity index is 1.54. The van der Waals surface area contributed by atoms with Crippen molar-refractivity contribution in [2.24, 2.45) is 5.73 Å². The number of rotatable bonds is 5. The number of hydrazine groups is 1. The summed E-state index contributed by atoms with van der Waals surface area (Å²) in [5.41, 5.74) is 9.68. The molecule has 1 aliphatic carbocycles. The lowest BCUT2D eigenvalue weighted by atomic mass is 10.3. The van der Waals surface area contributed by atoms with Crippen molar-refractivity contribution in [3.05, 3.63) is 18.1 Å². The molecule has 0 aromatic carbocycles. The molecule has 9 heteroatoms. The summed E-state index contributed by atoms with van der Waals surface area (Å²) < 4.78 is 0. The molecule has 4 rings (SSSR count). The van der Waals surface area contributed by atoms with Gasteiger partial charge in [0, 0.05) is 25.0 Å². The van der Waals surface area contributed by atoms with Crippen LogP contribution in [-0.4, -0.2) is 50.4 Å². The van der Waals surface area contributed by atoms with Gasteiger partial charge in [-0.1, -0.05) is 0 Å². The number of nitrogens with two attached hydrogens (primary N) is 1. The van der Waals surface area contributed by atoms with Gasteiger partial charge in [-0.15, -0.1) is 0 Å². The second-order valence-electron chi connectivity index (χ2n) is 6.47. The fourth-order valence-corrected chi connectivity index (χ4v) is 2.73. The Morgan fingerprint density at radius 3 is 2.96 bits per heavy atom. The molecule has 0 radical (unpaired) electrons. The highest BCUT2D eigenvalue weighted by molar-refractivity contribution is 6.00. The molecule has 24 heavy (non-hydrogen) atoms. The lowest BCUT2D eigenvalue weighted by molar-refractivity contribution is -0.126. The van der Waals surface area contributed by atoms with E-state index in [1.54, 1.807) is 11.1 Å². The zero-order valence-electron chi connectivity index (χ0n) is 13.1. The van der Waals surface area contributed by atoms with Gasteiger partial charge in [-0.2, -0.15) is 0 Å². The molecule has 3 heterocycles. The van der Waals surface area contributed by atoms with E-state index in [1.165, 1.54) is 6.33 Å². The molecule has 0 atom stereocenters. The van der Waals surface area contributed by atoms with Crippen LogP contribution in [0.5, 0.6) is 0 Å². The molecule has 1 saturated carbocycles. The Morgan fingerprint density at radius 1 is 1.42 bits per heavy atom. The maximum absolute atomic E-state index is 12.3. The highest BCUT2D eigenvalue weighted by Gasteiger charge is 2.38. The van der Waals surface area contributed by atoms with Crippen LogP contribution >= 0.6 is 0 Å². The van der Waals surface area contributed by atoms with Crippen molar-refractivity contribution >= 4 is 28.7 Å². The van der Waals surface area contributed by atoms with Gasteiger partial charge in [-0.05, 0) is 25.3 Å². The molecule has 0 spiro atoms. The fourth-order valence-electron chi connectivity index (χ4n) is 2.73. The third kappa shape index (κ3) is 2.78. The minimum Gasteiger partial charge on any atom is -0.349 e. The van der Waals surface area contributed by atoms with E-state index in [9.17, 15) is 9.59 Å². The van der Waals surface area contributed by atoms with Crippen LogP contribution in [0, 0.1) is 0 Å². The van der Waals surface area contributed by atoms with E-state index >= 15 is 0 Å². The molecule has 5 N–H and O–H groups in total. The molecular weight excluding hydrogens is 310 g/mol. The van der Waals surface area contributed by atoms with E-state index in [4.69, 9.17) is 5.73 Å². The van der Waals surface area contributed by atoms with Gasteiger partial charge in [0.15, 0.2) is 5.82 Å². The second-order valence-corrected chi connectivity index (χ2v) is 6.47. The molecule has 2 aromatic heterocycles. The zero-order valence-corrected chi connectivity index (χ0v) is 13.1. The predicted octanol–water partition coefficient (Wildman–Crippen LogP) is 0.128. The van der Waals surface area contributed by atoms with Gasteiger partial charge in [-0.25, -0.2) is 9.97 Å². The number of fused-ring (bicyclic) bond motifs is 1. The number of aromatic amines is 1. The minimum atomic E-state index is -0.246. The van der Waals surface area contributed by atoms with Crippen LogP contribution in [0.15, 0.2) is 12.4 Å². The summed E-state index contributed by atoms with van der Waals surface area (Å²) in [7, 11) is 0. The summed E-state index contributed by atoms with van der Waals surface area (Å²) in [4.78, 5) is 35.3. The quantitative estimate of drug-likeness (QED) is 0.617. The number of hydrogen-bond acceptors (Lipinski definition) is 6. The number of nitrogens with one attached hydrogen (secondary N) is 3. The maximum Gasteiger partial charge on any atom is 0.267 e. The Labute approximate surface area is 138 Å². The van der Waals surface area contributed by atoms with Crippen LogP contribution in [0.25, 0.3) is 11.0 Å². The summed E-state index contributed by atoms with van der Waals surface area (Å²) in [6.45, 7) is 1.10. The first-order chi connectivity index (χ1) is 11.5. The number of amides is 2. The number of H-pyrrole nitrogens is 1. The van der Waals surface area contributed by atoms with Gasteiger partial charge in [0.05, 0.1) is 5.39 Å². The summed E-state index contributed by atoms with van der Waals surface area (Å²) in [5.74, 6) is 0.309. The SMILES string of the molecule is NC1(CNC(=O)c2cc3c(NN4CCCC4=O)ncnc3[nH]2)CC1. The fraction of sp³-hybridized carbons (Fsp3) is 0.467. The summed E-state index contributed by atoms with van der Waals surface area (Å²) >= 11 is 0. The zero-order chi connectivity index (χ0) is 16.7. The number of carbonyl (C=O) groups is 2. The van der Waals surface area contributed by atoms with Crippen molar-refractivity contribution in [1.29, 1.82) is 0 Å². The average Bonchev–Trinajstić information content (AvgIpc) is 2.97. The Kier molecular flexibility index (Phi) is 3.38. The number of aromatic nitrogens is 3. The van der Waals surface area contributed by atoms with E-state index in [2.05, 4.69) is 25.7 Å². The third-order valence-electron chi connectivity index (χ3n) is 4.48. The van der Waals surface area contributed by atoms with Crippen molar-refractivity contribution in [3.8, 4) is 0 Å². The molecular formula is C15H19N7O2. The van der Waals surface area contributed by atoms with Crippen molar-refractivity contribution in [3.63, 3.8) is 0 Å². The first-order valence-electron chi connectivity index (χ1n) is 8.02. The molecule has 2 amide bonds. The van der Waals surface area contributed by atoms with Gasteiger partial charge < -0.3 is 16.0 Å². The molecule has 2 fully saturated rings. The number of hydrogen-bond donors (Lipinski definition) is 4. The lowest BCUT2D eigenvalue weighted by Crippen LogP contribution is -2.39. The highest BCUT2D eigenvalue weighted by Crippen LogP contribution is 2.31. The highest BCUT2D eigenvalue weighted by atomic mass is 16.2. The van der Waals surface area contributed by atoms with E-state index in [0.29, 0.717) is 42.1 Å². The second kappa shape index (κ2) is 5.45. The topological polar surface area (TPSA) is 129 Å².